The second-order valence-corrected chi connectivity index (χ2v) is 6.67. The molecule has 3 heterocycles. The maximum absolute atomic E-state index is 12.3. The molecular formula is C14H14N2O2S2. The molecule has 1 aliphatic heterocycles. The van der Waals surface area contributed by atoms with E-state index < -0.39 is 0 Å². The van der Waals surface area contributed by atoms with Crippen molar-refractivity contribution in [3.8, 4) is 10.6 Å². The topological polar surface area (TPSA) is 53.2 Å². The summed E-state index contributed by atoms with van der Waals surface area (Å²) in [6.07, 6.45) is 0. The molecule has 2 aromatic rings. The predicted molar refractivity (Wildman–Crippen MR) is 83.6 cm³/mol. The molecule has 0 radical (unpaired) electrons. The quantitative estimate of drug-likeness (QED) is 0.926. The van der Waals surface area contributed by atoms with Gasteiger partial charge in [-0.05, 0) is 23.6 Å². The summed E-state index contributed by atoms with van der Waals surface area (Å²) >= 11 is 3.40. The summed E-state index contributed by atoms with van der Waals surface area (Å²) in [5.74, 6) is 1.72. The molecule has 0 aromatic carbocycles. The molecule has 1 amide bonds. The fourth-order valence-electron chi connectivity index (χ4n) is 2.15. The summed E-state index contributed by atoms with van der Waals surface area (Å²) in [7, 11) is 0. The average Bonchev–Trinajstić information content (AvgIpc) is 3.01. The van der Waals surface area contributed by atoms with Crippen LogP contribution in [0.3, 0.4) is 0 Å². The number of nitrogens with one attached hydrogen (secondary N) is 1. The van der Waals surface area contributed by atoms with Crippen molar-refractivity contribution in [3.63, 3.8) is 0 Å². The summed E-state index contributed by atoms with van der Waals surface area (Å²) < 4.78 is 0. The van der Waals surface area contributed by atoms with E-state index in [2.05, 4.69) is 4.98 Å². The van der Waals surface area contributed by atoms with Crippen LogP contribution >= 0.6 is 23.1 Å². The Morgan fingerprint density at radius 2 is 2.00 bits per heavy atom. The molecule has 0 atom stereocenters. The first-order valence-electron chi connectivity index (χ1n) is 6.40. The monoisotopic (exact) mass is 306 g/mol. The van der Waals surface area contributed by atoms with Crippen molar-refractivity contribution in [2.75, 3.05) is 24.6 Å². The smallest absolute Gasteiger partial charge is 0.261 e. The molecule has 4 nitrogen and oxygen atoms in total. The van der Waals surface area contributed by atoms with Crippen molar-refractivity contribution < 1.29 is 4.79 Å². The van der Waals surface area contributed by atoms with Gasteiger partial charge in [0.15, 0.2) is 0 Å². The molecule has 20 heavy (non-hydrogen) atoms. The van der Waals surface area contributed by atoms with Crippen LogP contribution in [0.25, 0.3) is 10.6 Å². The third kappa shape index (κ3) is 2.66. The number of thiophene rings is 1. The fraction of sp³-hybridized carbons (Fsp3) is 0.286. The molecule has 0 unspecified atom stereocenters. The summed E-state index contributed by atoms with van der Waals surface area (Å²) in [5, 5.41) is 1.96. The van der Waals surface area contributed by atoms with Crippen LogP contribution in [0, 0.1) is 0 Å². The number of rotatable bonds is 2. The first-order chi connectivity index (χ1) is 9.75. The van der Waals surface area contributed by atoms with Crippen LogP contribution in [0.2, 0.25) is 0 Å². The zero-order valence-electron chi connectivity index (χ0n) is 10.8. The molecule has 2 aromatic heterocycles. The van der Waals surface area contributed by atoms with E-state index in [1.54, 1.807) is 28.4 Å². The van der Waals surface area contributed by atoms with Gasteiger partial charge in [-0.3, -0.25) is 9.59 Å². The molecule has 0 spiro atoms. The number of carbonyl (C=O) groups is 1. The number of aromatic nitrogens is 1. The largest absolute Gasteiger partial charge is 0.337 e. The number of thioether (sulfide) groups is 1. The summed E-state index contributed by atoms with van der Waals surface area (Å²) in [4.78, 5) is 30.0. The molecule has 6 heteroatoms. The molecule has 1 N–H and O–H groups in total. The molecule has 1 fully saturated rings. The zero-order valence-corrected chi connectivity index (χ0v) is 12.4. The average molecular weight is 306 g/mol. The Labute approximate surface area is 124 Å². The third-order valence-corrected chi connectivity index (χ3v) is 5.07. The molecule has 104 valence electrons. The number of aromatic amines is 1. The van der Waals surface area contributed by atoms with E-state index in [4.69, 9.17) is 0 Å². The van der Waals surface area contributed by atoms with Gasteiger partial charge in [0.1, 0.15) is 5.56 Å². The summed E-state index contributed by atoms with van der Waals surface area (Å²) in [6, 6.07) is 7.32. The predicted octanol–water partition coefficient (Wildman–Crippen LogP) is 2.29. The van der Waals surface area contributed by atoms with Gasteiger partial charge >= 0.3 is 0 Å². The number of hydrogen-bond acceptors (Lipinski definition) is 4. The lowest BCUT2D eigenvalue weighted by molar-refractivity contribution is 0.0770. The Kier molecular flexibility index (Phi) is 3.93. The molecular weight excluding hydrogens is 292 g/mol. The minimum absolute atomic E-state index is 0.163. The van der Waals surface area contributed by atoms with Gasteiger partial charge in [-0.25, -0.2) is 0 Å². The van der Waals surface area contributed by atoms with Gasteiger partial charge in [-0.2, -0.15) is 11.8 Å². The SMILES string of the molecule is O=C(c1ccc(-c2cccs2)[nH]c1=O)N1CCSCC1. The Morgan fingerprint density at radius 3 is 2.65 bits per heavy atom. The number of H-pyrrole nitrogens is 1. The second-order valence-electron chi connectivity index (χ2n) is 4.50. The highest BCUT2D eigenvalue weighted by atomic mass is 32.2. The summed E-state index contributed by atoms with van der Waals surface area (Å²) in [5.41, 5.74) is 0.687. The third-order valence-electron chi connectivity index (χ3n) is 3.22. The Bertz CT molecular complexity index is 658. The highest BCUT2D eigenvalue weighted by molar-refractivity contribution is 7.99. The van der Waals surface area contributed by atoms with Crippen LogP contribution in [-0.2, 0) is 0 Å². The first-order valence-corrected chi connectivity index (χ1v) is 8.43. The summed E-state index contributed by atoms with van der Waals surface area (Å²) in [6.45, 7) is 1.44. The van der Waals surface area contributed by atoms with Crippen molar-refractivity contribution in [1.29, 1.82) is 0 Å². The van der Waals surface area contributed by atoms with Gasteiger partial charge in [0.25, 0.3) is 11.5 Å². The van der Waals surface area contributed by atoms with Crippen molar-refractivity contribution in [2.24, 2.45) is 0 Å². The molecule has 1 saturated heterocycles. The number of amides is 1. The second kappa shape index (κ2) is 5.85. The zero-order chi connectivity index (χ0) is 13.9. The van der Waals surface area contributed by atoms with Crippen LogP contribution in [0.5, 0.6) is 0 Å². The fourth-order valence-corrected chi connectivity index (χ4v) is 3.76. The molecule has 1 aliphatic rings. The Hall–Kier alpha value is -1.53. The lowest BCUT2D eigenvalue weighted by atomic mass is 10.2. The van der Waals surface area contributed by atoms with Gasteiger partial charge in [0.2, 0.25) is 0 Å². The van der Waals surface area contributed by atoms with Crippen molar-refractivity contribution in [3.05, 3.63) is 45.6 Å². The van der Waals surface area contributed by atoms with Gasteiger partial charge in [0.05, 0.1) is 10.6 Å². The number of nitrogens with zero attached hydrogens (tertiary/aromatic N) is 1. The minimum atomic E-state index is -0.306. The van der Waals surface area contributed by atoms with E-state index in [-0.39, 0.29) is 17.0 Å². The van der Waals surface area contributed by atoms with Crippen molar-refractivity contribution in [2.45, 2.75) is 0 Å². The van der Waals surface area contributed by atoms with Crippen LogP contribution in [0.4, 0.5) is 0 Å². The van der Waals surface area contributed by atoms with E-state index in [1.807, 2.05) is 29.3 Å². The van der Waals surface area contributed by atoms with E-state index in [0.29, 0.717) is 0 Å². The number of pyridine rings is 1. The van der Waals surface area contributed by atoms with Gasteiger partial charge in [-0.1, -0.05) is 6.07 Å². The van der Waals surface area contributed by atoms with E-state index in [9.17, 15) is 9.59 Å². The van der Waals surface area contributed by atoms with Crippen LogP contribution in [0.1, 0.15) is 10.4 Å². The molecule has 0 bridgehead atoms. The maximum Gasteiger partial charge on any atom is 0.261 e. The molecule has 3 rings (SSSR count). The Morgan fingerprint density at radius 1 is 1.20 bits per heavy atom. The first kappa shape index (κ1) is 13.5. The standard InChI is InChI=1S/C14H14N2O2S2/c17-13-10(14(18)16-5-8-19-9-6-16)3-4-11(15-13)12-2-1-7-20-12/h1-4,7H,5-6,8-9H2,(H,15,17). The van der Waals surface area contributed by atoms with Crippen molar-refractivity contribution >= 4 is 29.0 Å². The van der Waals surface area contributed by atoms with Gasteiger partial charge in [-0.15, -0.1) is 11.3 Å². The highest BCUT2D eigenvalue weighted by Crippen LogP contribution is 2.21. The normalized spacial score (nSPS) is 15.3. The van der Waals surface area contributed by atoms with Crippen LogP contribution in [0.15, 0.2) is 34.4 Å². The molecule has 0 saturated carbocycles. The Balaban J connectivity index is 1.87. The molecule has 0 aliphatic carbocycles. The van der Waals surface area contributed by atoms with E-state index in [0.717, 1.165) is 35.2 Å². The lowest BCUT2D eigenvalue weighted by Gasteiger charge is -2.26. The van der Waals surface area contributed by atoms with Crippen molar-refractivity contribution in [1.82, 2.24) is 9.88 Å². The lowest BCUT2D eigenvalue weighted by Crippen LogP contribution is -2.40. The van der Waals surface area contributed by atoms with E-state index in [1.165, 1.54) is 0 Å². The van der Waals surface area contributed by atoms with Gasteiger partial charge in [0, 0.05) is 24.6 Å². The minimum Gasteiger partial charge on any atom is -0.337 e. The van der Waals surface area contributed by atoms with Crippen LogP contribution in [-0.4, -0.2) is 40.4 Å². The van der Waals surface area contributed by atoms with E-state index >= 15 is 0 Å². The highest BCUT2D eigenvalue weighted by Gasteiger charge is 2.21. The number of carbonyl (C=O) groups excluding carboxylic acids is 1. The number of hydrogen-bond donors (Lipinski definition) is 1. The van der Waals surface area contributed by atoms with Gasteiger partial charge < -0.3 is 9.88 Å². The maximum atomic E-state index is 12.3. The van der Waals surface area contributed by atoms with Crippen LogP contribution < -0.4 is 5.56 Å².